The second kappa shape index (κ2) is 2.51. The molecule has 3 atom stereocenters. The average Bonchev–Trinajstić information content (AvgIpc) is 2.70. The van der Waals surface area contributed by atoms with E-state index in [1.165, 1.54) is 11.1 Å². The maximum atomic E-state index is 10.8. The smallest absolute Gasteiger partial charge is 0.307 e. The molecule has 2 nitrogen and oxygen atoms in total. The number of hydrogen-bond donors (Lipinski definition) is 1. The Morgan fingerprint density at radius 3 is 3.00 bits per heavy atom. The van der Waals surface area contributed by atoms with Gasteiger partial charge in [0.2, 0.25) is 0 Å². The van der Waals surface area contributed by atoms with Gasteiger partial charge in [0.15, 0.2) is 0 Å². The molecule has 0 aromatic heterocycles. The number of fused-ring (bicyclic) bond motifs is 3. The summed E-state index contributed by atoms with van der Waals surface area (Å²) in [6.45, 7) is 0. The Bertz CT molecular complexity index is 427. The Morgan fingerprint density at radius 2 is 2.29 bits per heavy atom. The first-order valence-corrected chi connectivity index (χ1v) is 5.07. The minimum absolute atomic E-state index is 0.135. The lowest BCUT2D eigenvalue weighted by Gasteiger charge is -2.04. The summed E-state index contributed by atoms with van der Waals surface area (Å²) in [6.07, 6.45) is 0.886. The first kappa shape index (κ1) is 8.30. The maximum Gasteiger partial charge on any atom is 0.307 e. The summed E-state index contributed by atoms with van der Waals surface area (Å²) in [5, 5.41) is 9.66. The van der Waals surface area contributed by atoms with Crippen LogP contribution in [0, 0.1) is 11.8 Å². The largest absolute Gasteiger partial charge is 0.481 e. The highest BCUT2D eigenvalue weighted by Gasteiger charge is 2.59. The zero-order valence-corrected chi connectivity index (χ0v) is 8.16. The fraction of sp³-hybridized carbons (Fsp3) is 0.364. The maximum absolute atomic E-state index is 10.8. The van der Waals surface area contributed by atoms with E-state index in [9.17, 15) is 4.79 Å². The zero-order valence-electron chi connectivity index (χ0n) is 7.40. The van der Waals surface area contributed by atoms with Crippen molar-refractivity contribution in [3.05, 3.63) is 34.3 Å². The molecule has 1 aromatic rings. The van der Waals surface area contributed by atoms with E-state index in [2.05, 4.69) is 0 Å². The lowest BCUT2D eigenvalue weighted by atomic mass is 10.0. The number of hydrogen-bond acceptors (Lipinski definition) is 1. The number of benzene rings is 1. The van der Waals surface area contributed by atoms with Gasteiger partial charge in [-0.2, -0.15) is 0 Å². The Hall–Kier alpha value is -1.02. The highest BCUT2D eigenvalue weighted by atomic mass is 35.5. The van der Waals surface area contributed by atoms with Crippen LogP contribution in [0.5, 0.6) is 0 Å². The molecule has 3 rings (SSSR count). The van der Waals surface area contributed by atoms with E-state index in [1.807, 2.05) is 18.2 Å². The van der Waals surface area contributed by atoms with E-state index in [-0.39, 0.29) is 11.8 Å². The second-order valence-corrected chi connectivity index (χ2v) is 4.54. The van der Waals surface area contributed by atoms with Gasteiger partial charge in [-0.15, -0.1) is 0 Å². The normalized spacial score (nSPS) is 32.2. The van der Waals surface area contributed by atoms with Crippen LogP contribution in [0.4, 0.5) is 0 Å². The van der Waals surface area contributed by atoms with Crippen molar-refractivity contribution in [1.29, 1.82) is 0 Å². The molecule has 1 fully saturated rings. The molecule has 2 aliphatic carbocycles. The molecule has 3 heteroatoms. The Kier molecular flexibility index (Phi) is 1.49. The molecule has 0 aliphatic heterocycles. The van der Waals surface area contributed by atoms with Gasteiger partial charge in [0.25, 0.3) is 0 Å². The van der Waals surface area contributed by atoms with E-state index in [4.69, 9.17) is 16.7 Å². The van der Waals surface area contributed by atoms with Gasteiger partial charge in [0, 0.05) is 10.9 Å². The summed E-state index contributed by atoms with van der Waals surface area (Å²) in [7, 11) is 0. The van der Waals surface area contributed by atoms with Crippen molar-refractivity contribution in [1.82, 2.24) is 0 Å². The van der Waals surface area contributed by atoms with E-state index >= 15 is 0 Å². The fourth-order valence-corrected chi connectivity index (χ4v) is 2.91. The van der Waals surface area contributed by atoms with Crippen LogP contribution >= 0.6 is 11.6 Å². The van der Waals surface area contributed by atoms with Gasteiger partial charge < -0.3 is 5.11 Å². The minimum Gasteiger partial charge on any atom is -0.481 e. The predicted molar refractivity (Wildman–Crippen MR) is 52.5 cm³/mol. The van der Waals surface area contributed by atoms with Crippen LogP contribution in [0.2, 0.25) is 5.02 Å². The highest BCUT2D eigenvalue weighted by Crippen LogP contribution is 2.61. The molecule has 1 saturated carbocycles. The number of aliphatic carboxylic acids is 1. The van der Waals surface area contributed by atoms with Crippen molar-refractivity contribution in [2.45, 2.75) is 12.3 Å². The molecule has 0 saturated heterocycles. The van der Waals surface area contributed by atoms with Gasteiger partial charge in [0.05, 0.1) is 5.92 Å². The van der Waals surface area contributed by atoms with Crippen molar-refractivity contribution in [3.63, 3.8) is 0 Å². The number of carbonyl (C=O) groups is 1. The summed E-state index contributed by atoms with van der Waals surface area (Å²) in [5.41, 5.74) is 2.44. The number of carboxylic acids is 1. The molecule has 0 amide bonds. The van der Waals surface area contributed by atoms with E-state index in [1.54, 1.807) is 0 Å². The predicted octanol–water partition coefficient (Wildman–Crippen LogP) is 2.31. The summed E-state index contributed by atoms with van der Waals surface area (Å²) in [5.74, 6) is -0.190. The third kappa shape index (κ3) is 0.947. The second-order valence-electron chi connectivity index (χ2n) is 4.10. The average molecular weight is 209 g/mol. The van der Waals surface area contributed by atoms with Gasteiger partial charge in [-0.05, 0) is 35.6 Å². The van der Waals surface area contributed by atoms with Crippen LogP contribution in [0.1, 0.15) is 17.0 Å². The lowest BCUT2D eigenvalue weighted by Crippen LogP contribution is -2.04. The Morgan fingerprint density at radius 1 is 1.50 bits per heavy atom. The summed E-state index contributed by atoms with van der Waals surface area (Å²) in [6, 6.07) is 5.78. The molecule has 2 aliphatic rings. The fourth-order valence-electron chi connectivity index (χ4n) is 2.72. The van der Waals surface area contributed by atoms with Crippen molar-refractivity contribution in [3.8, 4) is 0 Å². The van der Waals surface area contributed by atoms with Crippen LogP contribution in [0.3, 0.4) is 0 Å². The first-order chi connectivity index (χ1) is 6.68. The minimum atomic E-state index is -0.652. The van der Waals surface area contributed by atoms with Gasteiger partial charge in [-0.1, -0.05) is 17.7 Å². The van der Waals surface area contributed by atoms with Gasteiger partial charge >= 0.3 is 5.97 Å². The summed E-state index contributed by atoms with van der Waals surface area (Å²) < 4.78 is 0. The van der Waals surface area contributed by atoms with Crippen LogP contribution in [-0.4, -0.2) is 11.1 Å². The summed E-state index contributed by atoms with van der Waals surface area (Å²) in [4.78, 5) is 10.8. The molecular formula is C11H9ClO2. The Balaban J connectivity index is 1.99. The quantitative estimate of drug-likeness (QED) is 0.769. The van der Waals surface area contributed by atoms with Gasteiger partial charge in [0.1, 0.15) is 0 Å². The van der Waals surface area contributed by atoms with Crippen LogP contribution in [0.15, 0.2) is 18.2 Å². The zero-order chi connectivity index (χ0) is 9.87. The first-order valence-electron chi connectivity index (χ1n) is 4.69. The van der Waals surface area contributed by atoms with Gasteiger partial charge in [-0.25, -0.2) is 0 Å². The van der Waals surface area contributed by atoms with E-state index in [0.717, 1.165) is 11.4 Å². The number of rotatable bonds is 1. The van der Waals surface area contributed by atoms with Crippen LogP contribution in [0.25, 0.3) is 0 Å². The monoisotopic (exact) mass is 208 g/mol. The highest BCUT2D eigenvalue weighted by molar-refractivity contribution is 6.30. The van der Waals surface area contributed by atoms with Crippen molar-refractivity contribution < 1.29 is 9.90 Å². The van der Waals surface area contributed by atoms with Crippen molar-refractivity contribution in [2.24, 2.45) is 11.8 Å². The van der Waals surface area contributed by atoms with Crippen molar-refractivity contribution in [2.75, 3.05) is 0 Å². The van der Waals surface area contributed by atoms with Crippen LogP contribution in [-0.2, 0) is 11.2 Å². The molecule has 14 heavy (non-hydrogen) atoms. The van der Waals surface area contributed by atoms with Crippen molar-refractivity contribution >= 4 is 17.6 Å². The number of halogens is 1. The molecule has 0 unspecified atom stereocenters. The molecule has 1 aromatic carbocycles. The SMILES string of the molecule is O=C(O)[C@@H]1[C@H]2Cc3cc(Cl)ccc3[C@@H]21. The third-order valence-corrected chi connectivity index (χ3v) is 3.61. The molecular weight excluding hydrogens is 200 g/mol. The lowest BCUT2D eigenvalue weighted by molar-refractivity contribution is -0.139. The van der Waals surface area contributed by atoms with Crippen LogP contribution < -0.4 is 0 Å². The molecule has 1 N–H and O–H groups in total. The molecule has 72 valence electrons. The van der Waals surface area contributed by atoms with E-state index in [0.29, 0.717) is 5.92 Å². The third-order valence-electron chi connectivity index (χ3n) is 3.37. The van der Waals surface area contributed by atoms with Gasteiger partial charge in [-0.3, -0.25) is 4.79 Å². The molecule has 0 spiro atoms. The Labute approximate surface area is 86.5 Å². The molecule has 0 heterocycles. The topological polar surface area (TPSA) is 37.3 Å². The molecule has 0 bridgehead atoms. The summed E-state index contributed by atoms with van der Waals surface area (Å²) >= 11 is 5.87. The molecule has 0 radical (unpaired) electrons. The standard InChI is InChI=1S/C11H9ClO2/c12-6-1-2-7-5(3-6)4-8-9(7)10(8)11(13)14/h1-3,8-10H,4H2,(H,13,14)/t8-,9-,10+/m0/s1. The number of carboxylic acid groups (broad SMARTS) is 1. The van der Waals surface area contributed by atoms with E-state index < -0.39 is 5.97 Å².